The highest BCUT2D eigenvalue weighted by atomic mass is 32.1. The minimum absolute atomic E-state index is 0.116. The molecule has 1 N–H and O–H groups in total. The molecular formula is C13H17NS. The maximum atomic E-state index is 5.54. The Bertz CT molecular complexity index is 349. The van der Waals surface area contributed by atoms with Gasteiger partial charge in [0.15, 0.2) is 0 Å². The largest absolute Gasteiger partial charge is 0.300 e. The second-order valence-electron chi connectivity index (χ2n) is 3.96. The first-order valence-corrected chi connectivity index (χ1v) is 6.47. The molecule has 1 nitrogen and oxygen atoms in total. The van der Waals surface area contributed by atoms with Gasteiger partial charge in [-0.1, -0.05) is 12.8 Å². The minimum Gasteiger partial charge on any atom is -0.300 e. The summed E-state index contributed by atoms with van der Waals surface area (Å²) in [5, 5.41) is 3.33. The highest BCUT2D eigenvalue weighted by molar-refractivity contribution is 7.12. The summed E-state index contributed by atoms with van der Waals surface area (Å²) in [4.78, 5) is 2.89. The van der Waals surface area contributed by atoms with Crippen molar-refractivity contribution in [1.82, 2.24) is 5.32 Å². The highest BCUT2D eigenvalue weighted by Gasteiger charge is 2.16. The van der Waals surface area contributed by atoms with E-state index in [1.54, 1.807) is 10.4 Å². The quantitative estimate of drug-likeness (QED) is 0.771. The number of aryl methyl sites for hydroxylation is 2. The van der Waals surface area contributed by atoms with Gasteiger partial charge in [-0.3, -0.25) is 5.32 Å². The summed E-state index contributed by atoms with van der Waals surface area (Å²) in [5.74, 6) is 2.83. The van der Waals surface area contributed by atoms with Crippen molar-refractivity contribution >= 4 is 11.3 Å². The van der Waals surface area contributed by atoms with E-state index in [1.165, 1.54) is 30.6 Å². The summed E-state index contributed by atoms with van der Waals surface area (Å²) in [7, 11) is 0. The second-order valence-corrected chi connectivity index (χ2v) is 5.13. The van der Waals surface area contributed by atoms with Crippen LogP contribution in [0.1, 0.15) is 41.1 Å². The fourth-order valence-corrected chi connectivity index (χ4v) is 3.40. The molecule has 1 aromatic heterocycles. The number of fused-ring (bicyclic) bond motifs is 1. The Morgan fingerprint density at radius 3 is 3.00 bits per heavy atom. The Morgan fingerprint density at radius 2 is 2.33 bits per heavy atom. The van der Waals surface area contributed by atoms with E-state index in [0.717, 1.165) is 6.54 Å². The van der Waals surface area contributed by atoms with Crippen LogP contribution < -0.4 is 5.32 Å². The maximum absolute atomic E-state index is 5.54. The van der Waals surface area contributed by atoms with Crippen LogP contribution in [-0.4, -0.2) is 6.54 Å². The molecule has 0 bridgehead atoms. The molecule has 1 aromatic rings. The Morgan fingerprint density at radius 1 is 1.53 bits per heavy atom. The first-order valence-electron chi connectivity index (χ1n) is 5.66. The van der Waals surface area contributed by atoms with Crippen LogP contribution >= 0.6 is 11.3 Å². The van der Waals surface area contributed by atoms with Crippen molar-refractivity contribution in [2.75, 3.05) is 6.54 Å². The standard InChI is InChI=1S/C13H17NS/c1-3-11(14-4-2)13-9-10-7-5-6-8-12(10)15-13/h1,9,11,14H,4-8H2,2H3. The van der Waals surface area contributed by atoms with Gasteiger partial charge in [0.2, 0.25) is 0 Å². The lowest BCUT2D eigenvalue weighted by molar-refractivity contribution is 0.672. The van der Waals surface area contributed by atoms with Gasteiger partial charge in [-0.2, -0.15) is 0 Å². The van der Waals surface area contributed by atoms with Crippen molar-refractivity contribution in [1.29, 1.82) is 0 Å². The van der Waals surface area contributed by atoms with Crippen LogP contribution in [0.3, 0.4) is 0 Å². The predicted molar refractivity (Wildman–Crippen MR) is 66.2 cm³/mol. The zero-order valence-corrected chi connectivity index (χ0v) is 9.99. The lowest BCUT2D eigenvalue weighted by Crippen LogP contribution is -2.18. The van der Waals surface area contributed by atoms with Crippen molar-refractivity contribution in [3.63, 3.8) is 0 Å². The molecule has 15 heavy (non-hydrogen) atoms. The van der Waals surface area contributed by atoms with Gasteiger partial charge in [0.1, 0.15) is 6.04 Å². The predicted octanol–water partition coefficient (Wildman–Crippen LogP) is 2.91. The molecule has 1 aliphatic carbocycles. The number of thiophene rings is 1. The van der Waals surface area contributed by atoms with Gasteiger partial charge >= 0.3 is 0 Å². The molecule has 2 rings (SSSR count). The molecule has 0 amide bonds. The SMILES string of the molecule is C#CC(NCC)c1cc2c(s1)CCCC2. The lowest BCUT2D eigenvalue weighted by atomic mass is 9.99. The Kier molecular flexibility index (Phi) is 3.45. The summed E-state index contributed by atoms with van der Waals surface area (Å²) in [6.45, 7) is 3.02. The summed E-state index contributed by atoms with van der Waals surface area (Å²) in [6, 6.07) is 2.43. The lowest BCUT2D eigenvalue weighted by Gasteiger charge is -2.08. The molecule has 0 aliphatic heterocycles. The Labute approximate surface area is 95.9 Å². The van der Waals surface area contributed by atoms with E-state index in [2.05, 4.69) is 24.2 Å². The summed E-state index contributed by atoms with van der Waals surface area (Å²) < 4.78 is 0. The zero-order chi connectivity index (χ0) is 10.7. The fourth-order valence-electron chi connectivity index (χ4n) is 2.10. The van der Waals surface area contributed by atoms with E-state index >= 15 is 0 Å². The van der Waals surface area contributed by atoms with Crippen molar-refractivity contribution in [2.24, 2.45) is 0 Å². The molecule has 1 heterocycles. The number of terminal acetylenes is 1. The molecular weight excluding hydrogens is 202 g/mol. The third kappa shape index (κ3) is 2.25. The van der Waals surface area contributed by atoms with E-state index < -0.39 is 0 Å². The molecule has 0 saturated carbocycles. The van der Waals surface area contributed by atoms with Crippen LogP contribution in [0.2, 0.25) is 0 Å². The van der Waals surface area contributed by atoms with Gasteiger partial charge < -0.3 is 0 Å². The molecule has 1 atom stereocenters. The Hall–Kier alpha value is -0.780. The highest BCUT2D eigenvalue weighted by Crippen LogP contribution is 2.32. The first-order chi connectivity index (χ1) is 7.35. The summed E-state index contributed by atoms with van der Waals surface area (Å²) in [5.41, 5.74) is 1.54. The number of hydrogen-bond donors (Lipinski definition) is 1. The molecule has 2 heteroatoms. The van der Waals surface area contributed by atoms with E-state index in [4.69, 9.17) is 6.42 Å². The maximum Gasteiger partial charge on any atom is 0.104 e. The topological polar surface area (TPSA) is 12.0 Å². The zero-order valence-electron chi connectivity index (χ0n) is 9.18. The average molecular weight is 219 g/mol. The molecule has 0 saturated heterocycles. The van der Waals surface area contributed by atoms with Crippen LogP contribution in [-0.2, 0) is 12.8 Å². The number of rotatable bonds is 3. The molecule has 0 fully saturated rings. The molecule has 1 unspecified atom stereocenters. The second kappa shape index (κ2) is 4.83. The van der Waals surface area contributed by atoms with Crippen LogP contribution in [0, 0.1) is 12.3 Å². The van der Waals surface area contributed by atoms with E-state index in [0.29, 0.717) is 0 Å². The normalized spacial score (nSPS) is 16.8. The Balaban J connectivity index is 2.21. The van der Waals surface area contributed by atoms with Gasteiger partial charge in [-0.05, 0) is 43.9 Å². The summed E-state index contributed by atoms with van der Waals surface area (Å²) >= 11 is 1.90. The van der Waals surface area contributed by atoms with Crippen LogP contribution in [0.4, 0.5) is 0 Å². The van der Waals surface area contributed by atoms with Crippen molar-refractivity contribution in [3.05, 3.63) is 21.4 Å². The molecule has 0 aromatic carbocycles. The molecule has 1 aliphatic rings. The minimum atomic E-state index is 0.116. The van der Waals surface area contributed by atoms with Crippen molar-refractivity contribution < 1.29 is 0 Å². The van der Waals surface area contributed by atoms with E-state index in [-0.39, 0.29) is 6.04 Å². The number of nitrogens with one attached hydrogen (secondary N) is 1. The smallest absolute Gasteiger partial charge is 0.104 e. The monoisotopic (exact) mass is 219 g/mol. The van der Waals surface area contributed by atoms with Crippen molar-refractivity contribution in [3.8, 4) is 12.3 Å². The first kappa shape index (κ1) is 10.7. The molecule has 0 spiro atoms. The van der Waals surface area contributed by atoms with Crippen LogP contribution in [0.25, 0.3) is 0 Å². The van der Waals surface area contributed by atoms with E-state index in [1.807, 2.05) is 11.3 Å². The average Bonchev–Trinajstić information content (AvgIpc) is 2.69. The van der Waals surface area contributed by atoms with Gasteiger partial charge in [0.25, 0.3) is 0 Å². The van der Waals surface area contributed by atoms with Gasteiger partial charge in [-0.25, -0.2) is 0 Å². The van der Waals surface area contributed by atoms with Crippen molar-refractivity contribution in [2.45, 2.75) is 38.6 Å². The van der Waals surface area contributed by atoms with Gasteiger partial charge in [-0.15, -0.1) is 17.8 Å². The van der Waals surface area contributed by atoms with E-state index in [9.17, 15) is 0 Å². The fraction of sp³-hybridized carbons (Fsp3) is 0.538. The number of hydrogen-bond acceptors (Lipinski definition) is 2. The van der Waals surface area contributed by atoms with Gasteiger partial charge in [0.05, 0.1) is 0 Å². The summed E-state index contributed by atoms with van der Waals surface area (Å²) in [6.07, 6.45) is 10.7. The molecule has 0 radical (unpaired) electrons. The molecule has 80 valence electrons. The third-order valence-corrected chi connectivity index (χ3v) is 4.18. The van der Waals surface area contributed by atoms with Gasteiger partial charge in [0, 0.05) is 9.75 Å². The van der Waals surface area contributed by atoms with Crippen LogP contribution in [0.5, 0.6) is 0 Å². The van der Waals surface area contributed by atoms with Crippen LogP contribution in [0.15, 0.2) is 6.07 Å². The third-order valence-electron chi connectivity index (χ3n) is 2.88.